The van der Waals surface area contributed by atoms with Crippen molar-refractivity contribution in [3.63, 3.8) is 0 Å². The molecule has 31 heavy (non-hydrogen) atoms. The van der Waals surface area contributed by atoms with E-state index < -0.39 is 39.0 Å². The molecule has 0 amide bonds. The number of hydrogen-bond acceptors (Lipinski definition) is 10. The summed E-state index contributed by atoms with van der Waals surface area (Å²) in [7, 11) is -4.74. The maximum absolute atomic E-state index is 10.9. The highest BCUT2D eigenvalue weighted by molar-refractivity contribution is 7.46. The second-order valence-electron chi connectivity index (χ2n) is 7.13. The van der Waals surface area contributed by atoms with Crippen LogP contribution in [0, 0.1) is 0 Å². The molecule has 13 nitrogen and oxygen atoms in total. The SMILES string of the molecule is CCCCOCCCNc1ncnc2c1ncn2[C@@H]1O[C@H](COP(=O)(O)O)C(O)[C@H]1O. The minimum atomic E-state index is -4.74. The standard InChI is InChI=1S/C17H28N5O8P/c1-2-3-6-28-7-4-5-18-15-12-16(20-9-19-15)22(10-21-12)17-14(24)13(23)11(30-17)8-29-31(25,26)27/h9-11,13-14,17,23-24H,2-8H2,1H3,(H,18,19,20)(H2,25,26,27)/t11-,13?,14-,17-/m1/s1. The molecule has 0 bridgehead atoms. The number of rotatable bonds is 12. The van der Waals surface area contributed by atoms with Crippen LogP contribution in [0.3, 0.4) is 0 Å². The smallest absolute Gasteiger partial charge is 0.387 e. The van der Waals surface area contributed by atoms with E-state index in [1.807, 2.05) is 0 Å². The molecule has 1 saturated heterocycles. The average Bonchev–Trinajstić information content (AvgIpc) is 3.27. The first-order chi connectivity index (χ1) is 14.8. The predicted octanol–water partition coefficient (Wildman–Crippen LogP) is 0.173. The molecule has 0 radical (unpaired) electrons. The number of aliphatic hydroxyl groups is 2. The van der Waals surface area contributed by atoms with Crippen molar-refractivity contribution in [2.24, 2.45) is 0 Å². The topological polar surface area (TPSA) is 181 Å². The van der Waals surface area contributed by atoms with Crippen LogP contribution in [-0.2, 0) is 18.6 Å². The molecule has 3 rings (SSSR count). The van der Waals surface area contributed by atoms with Crippen LogP contribution in [0.5, 0.6) is 0 Å². The van der Waals surface area contributed by atoms with E-state index in [1.54, 1.807) is 0 Å². The first kappa shape index (κ1) is 24.0. The number of ether oxygens (including phenoxy) is 2. The van der Waals surface area contributed by atoms with Crippen molar-refractivity contribution in [1.29, 1.82) is 0 Å². The summed E-state index contributed by atoms with van der Waals surface area (Å²) >= 11 is 0. The third-order valence-electron chi connectivity index (χ3n) is 4.78. The van der Waals surface area contributed by atoms with Gasteiger partial charge in [0.1, 0.15) is 24.6 Å². The van der Waals surface area contributed by atoms with Gasteiger partial charge < -0.3 is 34.8 Å². The third kappa shape index (κ3) is 6.18. The second-order valence-corrected chi connectivity index (χ2v) is 8.36. The summed E-state index contributed by atoms with van der Waals surface area (Å²) in [6.45, 7) is 3.51. The van der Waals surface area contributed by atoms with Crippen molar-refractivity contribution in [2.75, 3.05) is 31.7 Å². The Hall–Kier alpha value is -1.70. The molecule has 3 heterocycles. The third-order valence-corrected chi connectivity index (χ3v) is 5.26. The lowest BCUT2D eigenvalue weighted by Crippen LogP contribution is -2.33. The molecule has 1 unspecified atom stereocenters. The van der Waals surface area contributed by atoms with Crippen LogP contribution in [0.1, 0.15) is 32.4 Å². The minimum absolute atomic E-state index is 0.365. The van der Waals surface area contributed by atoms with E-state index in [2.05, 4.69) is 31.7 Å². The zero-order valence-corrected chi connectivity index (χ0v) is 18.0. The zero-order chi connectivity index (χ0) is 22.4. The molecule has 174 valence electrons. The van der Waals surface area contributed by atoms with Crippen molar-refractivity contribution in [1.82, 2.24) is 19.5 Å². The number of aliphatic hydroxyl groups excluding tert-OH is 2. The van der Waals surface area contributed by atoms with Gasteiger partial charge in [0, 0.05) is 19.8 Å². The van der Waals surface area contributed by atoms with Gasteiger partial charge in [0.05, 0.1) is 12.9 Å². The van der Waals surface area contributed by atoms with Gasteiger partial charge in [-0.2, -0.15) is 0 Å². The number of unbranched alkanes of at least 4 members (excludes halogenated alkanes) is 1. The Morgan fingerprint density at radius 2 is 1.97 bits per heavy atom. The van der Waals surface area contributed by atoms with E-state index in [0.29, 0.717) is 30.1 Å². The number of nitrogens with zero attached hydrogens (tertiary/aromatic N) is 4. The molecule has 0 spiro atoms. The maximum atomic E-state index is 10.9. The minimum Gasteiger partial charge on any atom is -0.387 e. The monoisotopic (exact) mass is 461 g/mol. The highest BCUT2D eigenvalue weighted by atomic mass is 31.2. The normalized spacial score (nSPS) is 24.2. The lowest BCUT2D eigenvalue weighted by atomic mass is 10.1. The molecule has 2 aromatic rings. The highest BCUT2D eigenvalue weighted by Crippen LogP contribution is 2.38. The summed E-state index contributed by atoms with van der Waals surface area (Å²) < 4.78 is 27.8. The largest absolute Gasteiger partial charge is 0.469 e. The van der Waals surface area contributed by atoms with Crippen LogP contribution >= 0.6 is 7.82 Å². The number of aromatic nitrogens is 4. The number of imidazole rings is 1. The van der Waals surface area contributed by atoms with Gasteiger partial charge in [0.2, 0.25) is 0 Å². The van der Waals surface area contributed by atoms with Gasteiger partial charge in [-0.25, -0.2) is 19.5 Å². The Morgan fingerprint density at radius 3 is 2.71 bits per heavy atom. The van der Waals surface area contributed by atoms with Crippen molar-refractivity contribution < 1.29 is 38.6 Å². The molecule has 1 aliphatic heterocycles. The maximum Gasteiger partial charge on any atom is 0.469 e. The Labute approximate surface area is 178 Å². The van der Waals surface area contributed by atoms with Crippen molar-refractivity contribution in [2.45, 2.75) is 50.7 Å². The highest BCUT2D eigenvalue weighted by Gasteiger charge is 2.45. The summed E-state index contributed by atoms with van der Waals surface area (Å²) in [6, 6.07) is 0. The first-order valence-electron chi connectivity index (χ1n) is 10.0. The van der Waals surface area contributed by atoms with E-state index >= 15 is 0 Å². The van der Waals surface area contributed by atoms with Crippen molar-refractivity contribution in [3.05, 3.63) is 12.7 Å². The van der Waals surface area contributed by atoms with Crippen molar-refractivity contribution >= 4 is 24.8 Å². The molecule has 0 aliphatic carbocycles. The van der Waals surface area contributed by atoms with Gasteiger partial charge in [0.15, 0.2) is 23.2 Å². The molecule has 4 atom stereocenters. The Bertz CT molecular complexity index is 893. The van der Waals surface area contributed by atoms with E-state index in [1.165, 1.54) is 17.2 Å². The van der Waals surface area contributed by atoms with Gasteiger partial charge in [0.25, 0.3) is 0 Å². The molecule has 1 aliphatic rings. The lowest BCUT2D eigenvalue weighted by molar-refractivity contribution is -0.0504. The van der Waals surface area contributed by atoms with Gasteiger partial charge >= 0.3 is 7.82 Å². The molecule has 5 N–H and O–H groups in total. The molecular formula is C17H28N5O8P. The Kier molecular flexibility index (Phi) is 8.30. The van der Waals surface area contributed by atoms with Crippen LogP contribution in [0.2, 0.25) is 0 Å². The van der Waals surface area contributed by atoms with Crippen LogP contribution in [0.4, 0.5) is 5.82 Å². The van der Waals surface area contributed by atoms with Crippen molar-refractivity contribution in [3.8, 4) is 0 Å². The first-order valence-corrected chi connectivity index (χ1v) is 11.6. The van der Waals surface area contributed by atoms with Crippen LogP contribution in [0.25, 0.3) is 11.2 Å². The number of phosphoric acid groups is 1. The number of phosphoric ester groups is 1. The van der Waals surface area contributed by atoms with Gasteiger partial charge in [-0.15, -0.1) is 0 Å². The Balaban J connectivity index is 1.64. The predicted molar refractivity (Wildman–Crippen MR) is 108 cm³/mol. The Morgan fingerprint density at radius 1 is 1.19 bits per heavy atom. The molecule has 0 saturated carbocycles. The molecule has 2 aromatic heterocycles. The van der Waals surface area contributed by atoms with Crippen LogP contribution in [0.15, 0.2) is 12.7 Å². The van der Waals surface area contributed by atoms with E-state index in [-0.39, 0.29) is 0 Å². The quantitative estimate of drug-likeness (QED) is 0.214. The van der Waals surface area contributed by atoms with E-state index in [0.717, 1.165) is 25.9 Å². The molecule has 14 heteroatoms. The average molecular weight is 461 g/mol. The van der Waals surface area contributed by atoms with Gasteiger partial charge in [-0.3, -0.25) is 9.09 Å². The molecule has 1 fully saturated rings. The molecule has 0 aromatic carbocycles. The summed E-state index contributed by atoms with van der Waals surface area (Å²) in [5.41, 5.74) is 0.819. The fraction of sp³-hybridized carbons (Fsp3) is 0.706. The van der Waals surface area contributed by atoms with Gasteiger partial charge in [-0.05, 0) is 12.8 Å². The number of hydrogen-bond donors (Lipinski definition) is 5. The number of fused-ring (bicyclic) bond motifs is 1. The summed E-state index contributed by atoms with van der Waals surface area (Å²) in [4.78, 5) is 30.4. The number of anilines is 1. The van der Waals surface area contributed by atoms with E-state index in [4.69, 9.17) is 19.3 Å². The zero-order valence-electron chi connectivity index (χ0n) is 17.1. The summed E-state index contributed by atoms with van der Waals surface area (Å²) in [5, 5.41) is 23.7. The van der Waals surface area contributed by atoms with E-state index in [9.17, 15) is 14.8 Å². The lowest BCUT2D eigenvalue weighted by Gasteiger charge is -2.16. The molecular weight excluding hydrogens is 433 g/mol. The van der Waals surface area contributed by atoms with Crippen LogP contribution < -0.4 is 5.32 Å². The fourth-order valence-corrected chi connectivity index (χ4v) is 3.51. The number of nitrogens with one attached hydrogen (secondary N) is 1. The fourth-order valence-electron chi connectivity index (χ4n) is 3.16. The second kappa shape index (κ2) is 10.7. The van der Waals surface area contributed by atoms with Gasteiger partial charge in [-0.1, -0.05) is 13.3 Å². The summed E-state index contributed by atoms with van der Waals surface area (Å²) in [6.07, 6.45) is 0.639. The summed E-state index contributed by atoms with van der Waals surface area (Å²) in [5.74, 6) is 0.506. The van der Waals surface area contributed by atoms with Crippen LogP contribution in [-0.4, -0.2) is 84.2 Å².